The van der Waals surface area contributed by atoms with E-state index in [2.05, 4.69) is 53.7 Å². The fourth-order valence-corrected chi connectivity index (χ4v) is 2.15. The summed E-state index contributed by atoms with van der Waals surface area (Å²) in [6.07, 6.45) is 0.854. The molecule has 1 rings (SSSR count). The van der Waals surface area contributed by atoms with Crippen LogP contribution in [0.5, 0.6) is 5.75 Å². The van der Waals surface area contributed by atoms with Crippen LogP contribution in [0, 0.1) is 0 Å². The van der Waals surface area contributed by atoms with Crippen molar-refractivity contribution in [2.75, 3.05) is 6.54 Å². The van der Waals surface area contributed by atoms with E-state index in [0.717, 1.165) is 17.5 Å². The van der Waals surface area contributed by atoms with E-state index in [4.69, 9.17) is 5.73 Å². The first-order valence-electron chi connectivity index (χ1n) is 6.64. The molecule has 0 saturated heterocycles. The van der Waals surface area contributed by atoms with Crippen molar-refractivity contribution in [2.24, 2.45) is 5.73 Å². The first kappa shape index (κ1) is 18.3. The van der Waals surface area contributed by atoms with Crippen LogP contribution in [0.25, 0.3) is 0 Å². The molecule has 2 nitrogen and oxygen atoms in total. The van der Waals surface area contributed by atoms with Gasteiger partial charge in [-0.1, -0.05) is 53.7 Å². The molecule has 0 heterocycles. The third kappa shape index (κ3) is 4.39. The van der Waals surface area contributed by atoms with Crippen molar-refractivity contribution >= 4 is 12.4 Å². The first-order valence-corrected chi connectivity index (χ1v) is 6.64. The Hall–Kier alpha value is -0.730. The number of phenols is 1. The van der Waals surface area contributed by atoms with Crippen LogP contribution in [0.2, 0.25) is 0 Å². The second-order valence-electron chi connectivity index (χ2n) is 7.08. The van der Waals surface area contributed by atoms with Crippen LogP contribution in [0.4, 0.5) is 0 Å². The summed E-state index contributed by atoms with van der Waals surface area (Å²) in [6, 6.07) is 4.19. The molecule has 0 amide bonds. The van der Waals surface area contributed by atoms with Crippen molar-refractivity contribution in [3.8, 4) is 5.75 Å². The summed E-state index contributed by atoms with van der Waals surface area (Å²) in [7, 11) is 0. The monoisotopic (exact) mass is 285 g/mol. The molecule has 0 aliphatic carbocycles. The lowest BCUT2D eigenvalue weighted by molar-refractivity contribution is 0.422. The van der Waals surface area contributed by atoms with Gasteiger partial charge in [-0.05, 0) is 40.5 Å². The molecule has 3 N–H and O–H groups in total. The Morgan fingerprint density at radius 3 is 1.58 bits per heavy atom. The molecule has 19 heavy (non-hydrogen) atoms. The van der Waals surface area contributed by atoms with E-state index in [1.807, 2.05) is 0 Å². The van der Waals surface area contributed by atoms with Crippen molar-refractivity contribution in [3.05, 3.63) is 28.8 Å². The molecule has 1 aromatic rings. The molecular formula is C16H28ClNO. The highest BCUT2D eigenvalue weighted by atomic mass is 35.5. The predicted octanol–water partition coefficient (Wildman–Crippen LogP) is 3.91. The molecule has 0 unspecified atom stereocenters. The third-order valence-corrected chi connectivity index (χ3v) is 3.22. The topological polar surface area (TPSA) is 46.2 Å². The number of aromatic hydroxyl groups is 1. The molecule has 3 heteroatoms. The van der Waals surface area contributed by atoms with Crippen LogP contribution >= 0.6 is 12.4 Å². The fourth-order valence-electron chi connectivity index (χ4n) is 2.15. The lowest BCUT2D eigenvalue weighted by atomic mass is 9.78. The molecule has 0 fully saturated rings. The van der Waals surface area contributed by atoms with Gasteiger partial charge in [0.25, 0.3) is 0 Å². The maximum atomic E-state index is 10.5. The number of phenolic OH excluding ortho intramolecular Hbond substituents is 1. The standard InChI is InChI=1S/C16H27NO.ClH/c1-15(2,3)12-9-11(7-8-17)10-13(14(12)18)16(4,5)6;/h9-10,18H,7-8,17H2,1-6H3;1H. The summed E-state index contributed by atoms with van der Waals surface area (Å²) in [6.45, 7) is 13.4. The van der Waals surface area contributed by atoms with Crippen molar-refractivity contribution in [1.29, 1.82) is 0 Å². The number of rotatable bonds is 2. The minimum absolute atomic E-state index is 0. The zero-order chi connectivity index (χ0) is 14.1. The summed E-state index contributed by atoms with van der Waals surface area (Å²) in [5, 5.41) is 10.5. The van der Waals surface area contributed by atoms with Gasteiger partial charge in [-0.2, -0.15) is 0 Å². The summed E-state index contributed by atoms with van der Waals surface area (Å²) in [5.74, 6) is 0.441. The molecule has 0 aliphatic heterocycles. The number of hydrogen-bond acceptors (Lipinski definition) is 2. The Kier molecular flexibility index (Phi) is 5.91. The van der Waals surface area contributed by atoms with Crippen molar-refractivity contribution in [3.63, 3.8) is 0 Å². The van der Waals surface area contributed by atoms with E-state index < -0.39 is 0 Å². The largest absolute Gasteiger partial charge is 0.507 e. The number of hydrogen-bond donors (Lipinski definition) is 2. The van der Waals surface area contributed by atoms with Crippen LogP contribution in [-0.2, 0) is 17.3 Å². The van der Waals surface area contributed by atoms with Crippen molar-refractivity contribution in [2.45, 2.75) is 58.8 Å². The number of nitrogens with two attached hydrogens (primary N) is 1. The van der Waals surface area contributed by atoms with Gasteiger partial charge in [0.1, 0.15) is 5.75 Å². The minimum atomic E-state index is -0.0608. The minimum Gasteiger partial charge on any atom is -0.507 e. The fraction of sp³-hybridized carbons (Fsp3) is 0.625. The lowest BCUT2D eigenvalue weighted by Crippen LogP contribution is -2.18. The zero-order valence-electron chi connectivity index (χ0n) is 13.0. The third-order valence-electron chi connectivity index (χ3n) is 3.22. The van der Waals surface area contributed by atoms with Crippen LogP contribution in [0.15, 0.2) is 12.1 Å². The van der Waals surface area contributed by atoms with Crippen molar-refractivity contribution in [1.82, 2.24) is 0 Å². The zero-order valence-corrected chi connectivity index (χ0v) is 13.8. The maximum Gasteiger partial charge on any atom is 0.123 e. The van der Waals surface area contributed by atoms with Gasteiger partial charge in [-0.25, -0.2) is 0 Å². The molecule has 0 aliphatic rings. The molecule has 0 radical (unpaired) electrons. The second kappa shape index (κ2) is 6.15. The van der Waals surface area contributed by atoms with E-state index in [-0.39, 0.29) is 23.2 Å². The molecule has 0 bridgehead atoms. The van der Waals surface area contributed by atoms with Gasteiger partial charge in [-0.15, -0.1) is 12.4 Å². The molecular weight excluding hydrogens is 258 g/mol. The Balaban J connectivity index is 0.00000324. The quantitative estimate of drug-likeness (QED) is 0.865. The Labute approximate surface area is 123 Å². The molecule has 0 atom stereocenters. The predicted molar refractivity (Wildman–Crippen MR) is 85.5 cm³/mol. The summed E-state index contributed by atoms with van der Waals surface area (Å²) < 4.78 is 0. The average Bonchev–Trinajstić information content (AvgIpc) is 2.17. The average molecular weight is 286 g/mol. The normalized spacial score (nSPS) is 12.2. The SMILES string of the molecule is CC(C)(C)c1cc(CCN)cc(C(C)(C)C)c1O.Cl. The van der Waals surface area contributed by atoms with Gasteiger partial charge in [0, 0.05) is 0 Å². The van der Waals surface area contributed by atoms with Gasteiger partial charge in [-0.3, -0.25) is 0 Å². The summed E-state index contributed by atoms with van der Waals surface area (Å²) >= 11 is 0. The number of benzene rings is 1. The van der Waals surface area contributed by atoms with Crippen LogP contribution in [0.1, 0.15) is 58.2 Å². The Morgan fingerprint density at radius 1 is 0.947 bits per heavy atom. The van der Waals surface area contributed by atoms with Gasteiger partial charge in [0.05, 0.1) is 0 Å². The molecule has 1 aromatic carbocycles. The van der Waals surface area contributed by atoms with Crippen LogP contribution in [0.3, 0.4) is 0 Å². The Bertz CT molecular complexity index is 392. The van der Waals surface area contributed by atoms with Gasteiger partial charge < -0.3 is 10.8 Å². The number of halogens is 1. The van der Waals surface area contributed by atoms with Crippen LogP contribution < -0.4 is 5.73 Å². The van der Waals surface area contributed by atoms with E-state index in [1.165, 1.54) is 5.56 Å². The Morgan fingerprint density at radius 2 is 1.32 bits per heavy atom. The van der Waals surface area contributed by atoms with Crippen LogP contribution in [-0.4, -0.2) is 11.7 Å². The van der Waals surface area contributed by atoms with Crippen molar-refractivity contribution < 1.29 is 5.11 Å². The van der Waals surface area contributed by atoms with E-state index in [9.17, 15) is 5.11 Å². The van der Waals surface area contributed by atoms with Gasteiger partial charge >= 0.3 is 0 Å². The highest BCUT2D eigenvalue weighted by Gasteiger charge is 2.26. The van der Waals surface area contributed by atoms with E-state index in [1.54, 1.807) is 0 Å². The van der Waals surface area contributed by atoms with Gasteiger partial charge in [0.15, 0.2) is 0 Å². The smallest absolute Gasteiger partial charge is 0.123 e. The van der Waals surface area contributed by atoms with E-state index in [0.29, 0.717) is 12.3 Å². The summed E-state index contributed by atoms with van der Waals surface area (Å²) in [4.78, 5) is 0. The molecule has 0 aromatic heterocycles. The first-order chi connectivity index (χ1) is 8.07. The molecule has 110 valence electrons. The second-order valence-corrected chi connectivity index (χ2v) is 7.08. The van der Waals surface area contributed by atoms with Gasteiger partial charge in [0.2, 0.25) is 0 Å². The maximum absolute atomic E-state index is 10.5. The molecule has 0 spiro atoms. The lowest BCUT2D eigenvalue weighted by Gasteiger charge is -2.28. The highest BCUT2D eigenvalue weighted by Crippen LogP contribution is 2.39. The highest BCUT2D eigenvalue weighted by molar-refractivity contribution is 5.85. The van der Waals surface area contributed by atoms with E-state index >= 15 is 0 Å². The summed E-state index contributed by atoms with van der Waals surface area (Å²) in [5.41, 5.74) is 8.77. The molecule has 0 saturated carbocycles.